The maximum Gasteiger partial charge on any atom is 0.325 e. The molecule has 0 aromatic heterocycles. The lowest BCUT2D eigenvalue weighted by Gasteiger charge is -2.18. The predicted molar refractivity (Wildman–Crippen MR) is 102 cm³/mol. The maximum absolute atomic E-state index is 12.7. The average Bonchev–Trinajstić information content (AvgIpc) is 3.20. The molecule has 0 saturated carbocycles. The SMILES string of the molecule is O=C(CN1CCN(c2ccc3c(c2)OCO3)C1=O)Nc1cc(Cl)cc(Cl)c1. The molecule has 2 heterocycles. The molecule has 0 unspecified atom stereocenters. The fourth-order valence-electron chi connectivity index (χ4n) is 3.02. The van der Waals surface area contributed by atoms with Gasteiger partial charge in [-0.15, -0.1) is 0 Å². The monoisotopic (exact) mass is 407 g/mol. The first-order valence-electron chi connectivity index (χ1n) is 8.21. The molecule has 0 spiro atoms. The maximum atomic E-state index is 12.7. The molecule has 2 aromatic rings. The summed E-state index contributed by atoms with van der Waals surface area (Å²) in [6.07, 6.45) is 0. The molecule has 0 radical (unpaired) electrons. The van der Waals surface area contributed by atoms with Crippen LogP contribution < -0.4 is 19.7 Å². The van der Waals surface area contributed by atoms with Gasteiger partial charge in [0.2, 0.25) is 12.7 Å². The molecular formula is C18H15Cl2N3O4. The van der Waals surface area contributed by atoms with Gasteiger partial charge in [-0.05, 0) is 30.3 Å². The van der Waals surface area contributed by atoms with E-state index in [1.807, 2.05) is 0 Å². The standard InChI is InChI=1S/C18H15Cl2N3O4/c19-11-5-12(20)7-13(6-11)21-17(24)9-22-3-4-23(18(22)25)14-1-2-15-16(8-14)27-10-26-15/h1-2,5-8H,3-4,9-10H2,(H,21,24). The number of amides is 3. The molecule has 1 saturated heterocycles. The zero-order valence-corrected chi connectivity index (χ0v) is 15.6. The number of ether oxygens (including phenoxy) is 2. The summed E-state index contributed by atoms with van der Waals surface area (Å²) in [6, 6.07) is 9.84. The molecular weight excluding hydrogens is 393 g/mol. The Morgan fingerprint density at radius 2 is 1.78 bits per heavy atom. The third kappa shape index (κ3) is 3.74. The fourth-order valence-corrected chi connectivity index (χ4v) is 3.55. The van der Waals surface area contributed by atoms with Crippen molar-refractivity contribution in [3.63, 3.8) is 0 Å². The Morgan fingerprint density at radius 3 is 2.56 bits per heavy atom. The number of anilines is 2. The Balaban J connectivity index is 1.40. The summed E-state index contributed by atoms with van der Waals surface area (Å²) in [5.41, 5.74) is 1.19. The third-order valence-electron chi connectivity index (χ3n) is 4.24. The predicted octanol–water partition coefficient (Wildman–Crippen LogP) is 3.60. The highest BCUT2D eigenvalue weighted by Gasteiger charge is 2.31. The number of hydrogen-bond donors (Lipinski definition) is 1. The number of fused-ring (bicyclic) bond motifs is 1. The lowest BCUT2D eigenvalue weighted by Crippen LogP contribution is -2.37. The summed E-state index contributed by atoms with van der Waals surface area (Å²) in [5.74, 6) is 0.936. The van der Waals surface area contributed by atoms with Gasteiger partial charge in [0.05, 0.1) is 0 Å². The largest absolute Gasteiger partial charge is 0.454 e. The smallest absolute Gasteiger partial charge is 0.325 e. The minimum Gasteiger partial charge on any atom is -0.454 e. The molecule has 1 N–H and O–H groups in total. The first-order chi connectivity index (χ1) is 13.0. The van der Waals surface area contributed by atoms with Crippen LogP contribution in [0.15, 0.2) is 36.4 Å². The zero-order valence-electron chi connectivity index (χ0n) is 14.1. The lowest BCUT2D eigenvalue weighted by atomic mass is 10.2. The van der Waals surface area contributed by atoms with Crippen LogP contribution in [-0.2, 0) is 4.79 Å². The number of rotatable bonds is 4. The van der Waals surface area contributed by atoms with E-state index >= 15 is 0 Å². The van der Waals surface area contributed by atoms with Gasteiger partial charge in [-0.1, -0.05) is 23.2 Å². The second-order valence-corrected chi connectivity index (χ2v) is 6.97. The van der Waals surface area contributed by atoms with E-state index in [-0.39, 0.29) is 25.3 Å². The van der Waals surface area contributed by atoms with Gasteiger partial charge in [-0.25, -0.2) is 4.79 Å². The van der Waals surface area contributed by atoms with Crippen LogP contribution in [0.2, 0.25) is 10.0 Å². The van der Waals surface area contributed by atoms with E-state index < -0.39 is 0 Å². The molecule has 0 atom stereocenters. The van der Waals surface area contributed by atoms with Crippen molar-refractivity contribution >= 4 is 46.5 Å². The van der Waals surface area contributed by atoms with Gasteiger partial charge in [0.15, 0.2) is 11.5 Å². The van der Waals surface area contributed by atoms with E-state index in [1.165, 1.54) is 4.90 Å². The van der Waals surface area contributed by atoms with Crippen LogP contribution in [0, 0.1) is 0 Å². The van der Waals surface area contributed by atoms with Gasteiger partial charge in [0.25, 0.3) is 0 Å². The number of nitrogens with one attached hydrogen (secondary N) is 1. The van der Waals surface area contributed by atoms with Crippen molar-refractivity contribution in [3.05, 3.63) is 46.4 Å². The number of nitrogens with zero attached hydrogens (tertiary/aromatic N) is 2. The number of hydrogen-bond acceptors (Lipinski definition) is 4. The van der Waals surface area contributed by atoms with E-state index in [1.54, 1.807) is 41.3 Å². The van der Waals surface area contributed by atoms with Crippen LogP contribution in [0.1, 0.15) is 0 Å². The van der Waals surface area contributed by atoms with Crippen molar-refractivity contribution in [2.45, 2.75) is 0 Å². The molecule has 2 aliphatic rings. The minimum atomic E-state index is -0.325. The van der Waals surface area contributed by atoms with Crippen LogP contribution in [-0.4, -0.2) is 43.3 Å². The van der Waals surface area contributed by atoms with E-state index in [0.717, 1.165) is 0 Å². The number of carbonyl (C=O) groups excluding carboxylic acids is 2. The molecule has 7 nitrogen and oxygen atoms in total. The second-order valence-electron chi connectivity index (χ2n) is 6.10. The Kier molecular flexibility index (Phi) is 4.72. The van der Waals surface area contributed by atoms with Gasteiger partial charge >= 0.3 is 6.03 Å². The lowest BCUT2D eigenvalue weighted by molar-refractivity contribution is -0.116. The van der Waals surface area contributed by atoms with E-state index in [2.05, 4.69) is 5.32 Å². The highest BCUT2D eigenvalue weighted by Crippen LogP contribution is 2.36. The van der Waals surface area contributed by atoms with E-state index in [4.69, 9.17) is 32.7 Å². The van der Waals surface area contributed by atoms with Gasteiger partial charge in [0.1, 0.15) is 6.54 Å². The molecule has 27 heavy (non-hydrogen) atoms. The normalized spacial score (nSPS) is 15.4. The molecule has 9 heteroatoms. The van der Waals surface area contributed by atoms with Gasteiger partial charge in [-0.3, -0.25) is 9.69 Å². The van der Waals surface area contributed by atoms with Crippen molar-refractivity contribution in [3.8, 4) is 11.5 Å². The van der Waals surface area contributed by atoms with Crippen molar-refractivity contribution in [1.29, 1.82) is 0 Å². The summed E-state index contributed by atoms with van der Waals surface area (Å²) in [4.78, 5) is 28.0. The van der Waals surface area contributed by atoms with Crippen LogP contribution in [0.5, 0.6) is 11.5 Å². The molecule has 1 fully saturated rings. The second kappa shape index (κ2) is 7.17. The third-order valence-corrected chi connectivity index (χ3v) is 4.68. The topological polar surface area (TPSA) is 71.1 Å². The van der Waals surface area contributed by atoms with Crippen molar-refractivity contribution < 1.29 is 19.1 Å². The van der Waals surface area contributed by atoms with Crippen LogP contribution in [0.25, 0.3) is 0 Å². The summed E-state index contributed by atoms with van der Waals surface area (Å²) in [6.45, 7) is 1.03. The number of urea groups is 1. The quantitative estimate of drug-likeness (QED) is 0.840. The first-order valence-corrected chi connectivity index (χ1v) is 8.97. The van der Waals surface area contributed by atoms with Gasteiger partial charge < -0.3 is 19.7 Å². The minimum absolute atomic E-state index is 0.0655. The molecule has 0 aliphatic carbocycles. The van der Waals surface area contributed by atoms with Gasteiger partial charge in [-0.2, -0.15) is 0 Å². The Morgan fingerprint density at radius 1 is 1.04 bits per heavy atom. The Hall–Kier alpha value is -2.64. The van der Waals surface area contributed by atoms with Crippen molar-refractivity contribution in [1.82, 2.24) is 4.90 Å². The summed E-state index contributed by atoms with van der Waals surface area (Å²) >= 11 is 11.9. The zero-order chi connectivity index (χ0) is 19.0. The summed E-state index contributed by atoms with van der Waals surface area (Å²) < 4.78 is 10.6. The Labute approximate surface area is 165 Å². The van der Waals surface area contributed by atoms with Crippen LogP contribution >= 0.6 is 23.2 Å². The molecule has 2 aromatic carbocycles. The summed E-state index contributed by atoms with van der Waals surface area (Å²) in [7, 11) is 0. The van der Waals surface area contributed by atoms with Gasteiger partial charge in [0, 0.05) is 40.6 Å². The van der Waals surface area contributed by atoms with Crippen LogP contribution in [0.4, 0.5) is 16.2 Å². The molecule has 4 rings (SSSR count). The fraction of sp³-hybridized carbons (Fsp3) is 0.222. The van der Waals surface area contributed by atoms with Crippen LogP contribution in [0.3, 0.4) is 0 Å². The molecule has 140 valence electrons. The highest BCUT2D eigenvalue weighted by atomic mass is 35.5. The molecule has 0 bridgehead atoms. The molecule has 3 amide bonds. The highest BCUT2D eigenvalue weighted by molar-refractivity contribution is 6.35. The molecule has 2 aliphatic heterocycles. The van der Waals surface area contributed by atoms with E-state index in [0.29, 0.717) is 46.0 Å². The van der Waals surface area contributed by atoms with Crippen molar-refractivity contribution in [2.75, 3.05) is 36.6 Å². The summed E-state index contributed by atoms with van der Waals surface area (Å²) in [5, 5.41) is 3.54. The Bertz CT molecular complexity index is 901. The van der Waals surface area contributed by atoms with E-state index in [9.17, 15) is 9.59 Å². The average molecular weight is 408 g/mol. The number of carbonyl (C=O) groups is 2. The number of halogens is 2. The number of benzene rings is 2. The first kappa shape index (κ1) is 17.8. The van der Waals surface area contributed by atoms with Crippen molar-refractivity contribution in [2.24, 2.45) is 0 Å².